The Morgan fingerprint density at radius 1 is 0.354 bits per heavy atom. The first-order valence-electron chi connectivity index (χ1n) is 22.4. The van der Waals surface area contributed by atoms with Crippen molar-refractivity contribution in [3.63, 3.8) is 0 Å². The maximum Gasteiger partial charge on any atom is 0.143 e. The topological polar surface area (TPSA) is 31.0 Å². The van der Waals surface area contributed by atoms with Gasteiger partial charge in [0, 0.05) is 49.1 Å². The number of furan rings is 1. The van der Waals surface area contributed by atoms with Crippen molar-refractivity contribution in [1.82, 2.24) is 9.55 Å². The van der Waals surface area contributed by atoms with Gasteiger partial charge < -0.3 is 8.98 Å². The van der Waals surface area contributed by atoms with Gasteiger partial charge in [-0.1, -0.05) is 164 Å². The van der Waals surface area contributed by atoms with E-state index in [4.69, 9.17) is 9.40 Å². The van der Waals surface area contributed by atoms with Gasteiger partial charge in [0.05, 0.1) is 27.7 Å². The molecule has 65 heavy (non-hydrogen) atoms. The Bertz CT molecular complexity index is 4100. The fourth-order valence-electron chi connectivity index (χ4n) is 12.0. The molecule has 10 aromatic carbocycles. The van der Waals surface area contributed by atoms with Crippen LogP contribution in [0.2, 0.25) is 0 Å². The van der Waals surface area contributed by atoms with Gasteiger partial charge in [-0.15, -0.1) is 0 Å². The van der Waals surface area contributed by atoms with Crippen LogP contribution in [-0.4, -0.2) is 9.55 Å². The zero-order valence-corrected chi connectivity index (χ0v) is 35.1. The number of pyridine rings is 1. The summed E-state index contributed by atoms with van der Waals surface area (Å²) in [7, 11) is 0. The standard InChI is InChI=1S/C62H36N2O/c1-8-25-52-41(16-1)42-17-2-9-26-53(42)62(52)54-27-10-3-18-43(54)50-35-51-49(36-55(50)62)44-19-4-11-28-56(44)63-60(51)38-32-37(40-23-15-24-48-47-22-7-14-31-59(47)65-61(40)48)33-39(34-38)64-57-29-12-5-20-45(57)46-21-6-13-30-58(46)64/h1-36H. The third-order valence-corrected chi connectivity index (χ3v) is 14.6. The number of aromatic nitrogens is 2. The highest BCUT2D eigenvalue weighted by molar-refractivity contribution is 6.15. The van der Waals surface area contributed by atoms with Crippen LogP contribution in [0.4, 0.5) is 0 Å². The Morgan fingerprint density at radius 3 is 1.60 bits per heavy atom. The average molecular weight is 825 g/mol. The summed E-state index contributed by atoms with van der Waals surface area (Å²) < 4.78 is 9.16. The molecule has 0 amide bonds. The Balaban J connectivity index is 1.07. The molecular formula is C62H36N2O. The molecule has 0 atom stereocenters. The molecule has 0 saturated heterocycles. The molecule has 3 aromatic heterocycles. The first-order valence-corrected chi connectivity index (χ1v) is 22.4. The van der Waals surface area contributed by atoms with Crippen molar-refractivity contribution < 1.29 is 4.42 Å². The SMILES string of the molecule is c1ccc2c(c1)-c1ccccc1C21c2ccccc2-c2cc3c(-c4cc(-c5cccc6c5oc5ccccc56)cc(-n5c6ccccc6c6ccccc65)c4)nc4ccccc4c3cc21. The van der Waals surface area contributed by atoms with Gasteiger partial charge in [-0.2, -0.15) is 0 Å². The summed E-state index contributed by atoms with van der Waals surface area (Å²) in [6.45, 7) is 0. The van der Waals surface area contributed by atoms with Crippen LogP contribution in [0.3, 0.4) is 0 Å². The van der Waals surface area contributed by atoms with Crippen LogP contribution in [0, 0.1) is 0 Å². The summed E-state index contributed by atoms with van der Waals surface area (Å²) in [4.78, 5) is 5.66. The normalized spacial score (nSPS) is 13.4. The maximum absolute atomic E-state index is 6.74. The second kappa shape index (κ2) is 12.8. The summed E-state index contributed by atoms with van der Waals surface area (Å²) in [6.07, 6.45) is 0. The highest BCUT2D eigenvalue weighted by Gasteiger charge is 2.51. The lowest BCUT2D eigenvalue weighted by Gasteiger charge is -2.30. The second-order valence-electron chi connectivity index (χ2n) is 17.7. The van der Waals surface area contributed by atoms with Crippen LogP contribution in [0.15, 0.2) is 223 Å². The van der Waals surface area contributed by atoms with Crippen molar-refractivity contribution in [2.75, 3.05) is 0 Å². The smallest absolute Gasteiger partial charge is 0.143 e. The van der Waals surface area contributed by atoms with E-state index in [0.717, 1.165) is 77.3 Å². The molecule has 0 N–H and O–H groups in total. The monoisotopic (exact) mass is 824 g/mol. The Labute approximate surface area is 374 Å². The predicted molar refractivity (Wildman–Crippen MR) is 268 cm³/mol. The van der Waals surface area contributed by atoms with Gasteiger partial charge in [0.1, 0.15) is 11.2 Å². The molecule has 0 unspecified atom stereocenters. The van der Waals surface area contributed by atoms with E-state index in [1.165, 1.54) is 60.7 Å². The minimum atomic E-state index is -0.452. The second-order valence-corrected chi connectivity index (χ2v) is 17.7. The van der Waals surface area contributed by atoms with E-state index in [-0.39, 0.29) is 0 Å². The van der Waals surface area contributed by atoms with Crippen LogP contribution < -0.4 is 0 Å². The lowest BCUT2D eigenvalue weighted by Crippen LogP contribution is -2.25. The van der Waals surface area contributed by atoms with Crippen LogP contribution in [0.25, 0.3) is 116 Å². The van der Waals surface area contributed by atoms with Gasteiger partial charge in [-0.3, -0.25) is 0 Å². The van der Waals surface area contributed by atoms with Crippen LogP contribution in [-0.2, 0) is 5.41 Å². The van der Waals surface area contributed by atoms with Gasteiger partial charge >= 0.3 is 0 Å². The van der Waals surface area contributed by atoms with Gasteiger partial charge in [0.2, 0.25) is 0 Å². The lowest BCUT2D eigenvalue weighted by molar-refractivity contribution is 0.670. The molecule has 0 fully saturated rings. The van der Waals surface area contributed by atoms with Gasteiger partial charge in [0.15, 0.2) is 0 Å². The summed E-state index contributed by atoms with van der Waals surface area (Å²) in [5, 5.41) is 8.14. The molecule has 3 nitrogen and oxygen atoms in total. The molecule has 300 valence electrons. The minimum Gasteiger partial charge on any atom is -0.455 e. The molecule has 3 heteroatoms. The lowest BCUT2D eigenvalue weighted by atomic mass is 9.70. The molecule has 3 heterocycles. The fourth-order valence-corrected chi connectivity index (χ4v) is 12.0. The zero-order valence-electron chi connectivity index (χ0n) is 35.1. The molecule has 13 aromatic rings. The number of rotatable bonds is 3. The van der Waals surface area contributed by atoms with E-state index in [1.807, 2.05) is 6.07 Å². The molecular weight excluding hydrogens is 789 g/mol. The highest BCUT2D eigenvalue weighted by Crippen LogP contribution is 2.63. The van der Waals surface area contributed by atoms with Crippen molar-refractivity contribution in [3.05, 3.63) is 241 Å². The van der Waals surface area contributed by atoms with Crippen molar-refractivity contribution in [2.45, 2.75) is 5.41 Å². The molecule has 2 aliphatic carbocycles. The number of hydrogen-bond acceptors (Lipinski definition) is 2. The molecule has 0 saturated carbocycles. The molecule has 2 aliphatic rings. The Morgan fingerprint density at radius 2 is 0.892 bits per heavy atom. The molecule has 1 spiro atoms. The average Bonchev–Trinajstić information content (AvgIpc) is 4.09. The van der Waals surface area contributed by atoms with Crippen molar-refractivity contribution in [2.24, 2.45) is 0 Å². The minimum absolute atomic E-state index is 0.452. The zero-order chi connectivity index (χ0) is 42.4. The molecule has 0 radical (unpaired) electrons. The maximum atomic E-state index is 6.74. The van der Waals surface area contributed by atoms with Gasteiger partial charge in [-0.25, -0.2) is 4.98 Å². The van der Waals surface area contributed by atoms with Gasteiger partial charge in [0.25, 0.3) is 0 Å². The van der Waals surface area contributed by atoms with E-state index in [9.17, 15) is 0 Å². The molecule has 0 aliphatic heterocycles. The molecule has 0 bridgehead atoms. The first kappa shape index (κ1) is 35.0. The number of hydrogen-bond donors (Lipinski definition) is 0. The van der Waals surface area contributed by atoms with Crippen LogP contribution in [0.5, 0.6) is 0 Å². The first-order chi connectivity index (χ1) is 32.2. The number of nitrogens with zero attached hydrogens (tertiary/aromatic N) is 2. The van der Waals surface area contributed by atoms with Crippen LogP contribution >= 0.6 is 0 Å². The summed E-state index contributed by atoms with van der Waals surface area (Å²) >= 11 is 0. The van der Waals surface area contributed by atoms with Gasteiger partial charge in [-0.05, 0) is 110 Å². The van der Waals surface area contributed by atoms with Crippen LogP contribution in [0.1, 0.15) is 22.3 Å². The fraction of sp³-hybridized carbons (Fsp3) is 0.0161. The third-order valence-electron chi connectivity index (χ3n) is 14.6. The Kier molecular flexibility index (Phi) is 6.88. The van der Waals surface area contributed by atoms with E-state index in [0.29, 0.717) is 0 Å². The quantitative estimate of drug-likeness (QED) is 0.166. The third kappa shape index (κ3) is 4.56. The number of fused-ring (bicyclic) bond motifs is 19. The predicted octanol–water partition coefficient (Wildman–Crippen LogP) is 16.1. The largest absolute Gasteiger partial charge is 0.455 e. The van der Waals surface area contributed by atoms with Crippen molar-refractivity contribution >= 4 is 65.4 Å². The highest BCUT2D eigenvalue weighted by atomic mass is 16.3. The Hall–Kier alpha value is -8.53. The summed E-state index contributed by atoms with van der Waals surface area (Å²) in [5.41, 5.74) is 20.2. The van der Waals surface area contributed by atoms with Crippen molar-refractivity contribution in [1.29, 1.82) is 0 Å². The summed E-state index contributed by atoms with van der Waals surface area (Å²) in [5.74, 6) is 0. The van der Waals surface area contributed by atoms with E-state index in [1.54, 1.807) is 0 Å². The molecule has 15 rings (SSSR count). The number of benzene rings is 10. The number of para-hydroxylation sites is 5. The van der Waals surface area contributed by atoms with E-state index in [2.05, 4.69) is 217 Å². The van der Waals surface area contributed by atoms with E-state index < -0.39 is 5.41 Å². The van der Waals surface area contributed by atoms with E-state index >= 15 is 0 Å². The summed E-state index contributed by atoms with van der Waals surface area (Å²) in [6, 6.07) is 80.2. The van der Waals surface area contributed by atoms with Crippen molar-refractivity contribution in [3.8, 4) is 50.3 Å².